The number of benzene rings is 3. The average molecular weight is 499 g/mol. The van der Waals surface area contributed by atoms with E-state index in [4.69, 9.17) is 9.47 Å². The van der Waals surface area contributed by atoms with Crippen LogP contribution < -0.4 is 11.2 Å². The first kappa shape index (κ1) is 24.9. The van der Waals surface area contributed by atoms with Gasteiger partial charge in [0.05, 0.1) is 12.7 Å². The van der Waals surface area contributed by atoms with Crippen LogP contribution in [0.5, 0.6) is 0 Å². The summed E-state index contributed by atoms with van der Waals surface area (Å²) in [7, 11) is 0. The van der Waals surface area contributed by atoms with Crippen LogP contribution in [0.1, 0.15) is 34.9 Å². The zero-order valence-electron chi connectivity index (χ0n) is 20.6. The van der Waals surface area contributed by atoms with E-state index in [1.165, 1.54) is 10.8 Å². The van der Waals surface area contributed by atoms with Gasteiger partial charge in [0, 0.05) is 30.7 Å². The predicted octanol–water partition coefficient (Wildman–Crippen LogP) is 3.75. The largest absolute Gasteiger partial charge is 0.396 e. The van der Waals surface area contributed by atoms with Gasteiger partial charge in [0.2, 0.25) is 0 Å². The molecule has 0 aliphatic carbocycles. The van der Waals surface area contributed by atoms with Crippen molar-refractivity contribution in [2.45, 2.75) is 31.3 Å². The molecule has 1 aromatic heterocycles. The maximum absolute atomic E-state index is 12.5. The fourth-order valence-corrected chi connectivity index (χ4v) is 5.10. The van der Waals surface area contributed by atoms with E-state index in [0.29, 0.717) is 12.0 Å². The zero-order valence-corrected chi connectivity index (χ0v) is 20.6. The minimum atomic E-state index is -0.920. The molecule has 190 valence electrons. The Bertz CT molecular complexity index is 1340. The third-order valence-electron chi connectivity index (χ3n) is 7.06. The first-order chi connectivity index (χ1) is 18.0. The molecule has 0 spiro atoms. The topological polar surface area (TPSA) is 93.6 Å². The number of rotatable bonds is 8. The van der Waals surface area contributed by atoms with E-state index in [0.717, 1.165) is 16.7 Å². The molecule has 1 saturated heterocycles. The summed E-state index contributed by atoms with van der Waals surface area (Å²) in [5.74, 6) is -0.246. The molecular formula is C30H30N2O5. The number of hydrogen-bond acceptors (Lipinski definition) is 5. The molecule has 7 heteroatoms. The Morgan fingerprint density at radius 2 is 1.43 bits per heavy atom. The first-order valence-electron chi connectivity index (χ1n) is 12.4. The molecule has 3 atom stereocenters. The fraction of sp³-hybridized carbons (Fsp3) is 0.267. The summed E-state index contributed by atoms with van der Waals surface area (Å²) < 4.78 is 14.6. The second-order valence-electron chi connectivity index (χ2n) is 9.38. The Kier molecular flexibility index (Phi) is 7.19. The number of hydrogen-bond donors (Lipinski definition) is 2. The lowest BCUT2D eigenvalue weighted by atomic mass is 9.80. The van der Waals surface area contributed by atoms with Crippen molar-refractivity contribution in [2.75, 3.05) is 13.2 Å². The second kappa shape index (κ2) is 10.7. The first-order valence-corrected chi connectivity index (χ1v) is 12.4. The van der Waals surface area contributed by atoms with Gasteiger partial charge in [0.1, 0.15) is 11.8 Å². The molecule has 3 aromatic carbocycles. The minimum absolute atomic E-state index is 0.114. The van der Waals surface area contributed by atoms with Gasteiger partial charge >= 0.3 is 5.69 Å². The lowest BCUT2D eigenvalue weighted by Crippen LogP contribution is -2.37. The van der Waals surface area contributed by atoms with Gasteiger partial charge in [-0.05, 0) is 23.6 Å². The highest BCUT2D eigenvalue weighted by Gasteiger charge is 2.42. The lowest BCUT2D eigenvalue weighted by Gasteiger charge is -2.37. The molecule has 2 N–H and O–H groups in total. The highest BCUT2D eigenvalue weighted by atomic mass is 16.6. The van der Waals surface area contributed by atoms with Crippen molar-refractivity contribution in [3.05, 3.63) is 140 Å². The van der Waals surface area contributed by atoms with E-state index in [1.807, 2.05) is 91.0 Å². The van der Waals surface area contributed by atoms with Gasteiger partial charge in [-0.3, -0.25) is 14.3 Å². The molecule has 5 rings (SSSR count). The maximum Gasteiger partial charge on any atom is 0.330 e. The normalized spacial score (nSPS) is 19.7. The van der Waals surface area contributed by atoms with E-state index in [1.54, 1.807) is 6.92 Å². The summed E-state index contributed by atoms with van der Waals surface area (Å²) in [6, 6.07) is 30.1. The highest BCUT2D eigenvalue weighted by Crippen LogP contribution is 2.42. The van der Waals surface area contributed by atoms with Crippen LogP contribution in [0.15, 0.2) is 107 Å². The quantitative estimate of drug-likeness (QED) is 0.361. The van der Waals surface area contributed by atoms with Crippen LogP contribution in [0.25, 0.3) is 0 Å². The Labute approximate surface area is 215 Å². The summed E-state index contributed by atoms with van der Waals surface area (Å²) in [5.41, 5.74) is 1.44. The fourth-order valence-electron chi connectivity index (χ4n) is 5.10. The van der Waals surface area contributed by atoms with Crippen molar-refractivity contribution >= 4 is 0 Å². The Balaban J connectivity index is 1.52. The van der Waals surface area contributed by atoms with Crippen LogP contribution in [-0.2, 0) is 15.1 Å². The van der Waals surface area contributed by atoms with Gasteiger partial charge in [-0.2, -0.15) is 0 Å². The van der Waals surface area contributed by atoms with Gasteiger partial charge < -0.3 is 14.6 Å². The van der Waals surface area contributed by atoms with Gasteiger partial charge in [-0.1, -0.05) is 91.0 Å². The number of nitrogens with one attached hydrogen (secondary N) is 1. The summed E-state index contributed by atoms with van der Waals surface area (Å²) in [4.78, 5) is 26.7. The van der Waals surface area contributed by atoms with Crippen LogP contribution in [0.2, 0.25) is 0 Å². The van der Waals surface area contributed by atoms with Crippen molar-refractivity contribution < 1.29 is 14.6 Å². The Morgan fingerprint density at radius 1 is 0.919 bits per heavy atom. The standard InChI is InChI=1S/C30H30N2O5/c1-21-18-32(29(35)31-28(21)34)27-17-22(19-33)26(37-27)20-36-30(23-11-5-2-6-12-23,24-13-7-3-8-14-24)25-15-9-4-10-16-25/h2-16,18,22,26-27,33H,17,19-20H2,1H3,(H,31,34,35)/t22-,26-,27-/m1/s1. The summed E-state index contributed by atoms with van der Waals surface area (Å²) in [5, 5.41) is 10.2. The molecule has 0 bridgehead atoms. The molecular weight excluding hydrogens is 468 g/mol. The lowest BCUT2D eigenvalue weighted by molar-refractivity contribution is -0.0877. The number of H-pyrrole nitrogens is 1. The molecule has 0 unspecified atom stereocenters. The van der Waals surface area contributed by atoms with E-state index in [9.17, 15) is 14.7 Å². The van der Waals surface area contributed by atoms with Crippen LogP contribution in [-0.4, -0.2) is 34.0 Å². The smallest absolute Gasteiger partial charge is 0.330 e. The van der Waals surface area contributed by atoms with Crippen molar-refractivity contribution in [3.63, 3.8) is 0 Å². The van der Waals surface area contributed by atoms with Crippen LogP contribution in [0.4, 0.5) is 0 Å². The molecule has 2 heterocycles. The molecule has 0 radical (unpaired) electrons. The van der Waals surface area contributed by atoms with E-state index < -0.39 is 29.2 Å². The number of aromatic nitrogens is 2. The molecule has 7 nitrogen and oxygen atoms in total. The van der Waals surface area contributed by atoms with Gasteiger partial charge in [0.25, 0.3) is 5.56 Å². The molecule has 1 aliphatic heterocycles. The van der Waals surface area contributed by atoms with Crippen molar-refractivity contribution in [2.24, 2.45) is 5.92 Å². The van der Waals surface area contributed by atoms with Crippen molar-refractivity contribution in [1.82, 2.24) is 9.55 Å². The van der Waals surface area contributed by atoms with E-state index in [-0.39, 0.29) is 19.1 Å². The van der Waals surface area contributed by atoms with Crippen molar-refractivity contribution in [1.29, 1.82) is 0 Å². The number of nitrogens with zero attached hydrogens (tertiary/aromatic N) is 1. The zero-order chi connectivity index (χ0) is 25.8. The number of aromatic amines is 1. The number of ether oxygens (including phenoxy) is 2. The van der Waals surface area contributed by atoms with Gasteiger partial charge in [-0.25, -0.2) is 4.79 Å². The van der Waals surface area contributed by atoms with Gasteiger partial charge in [-0.15, -0.1) is 0 Å². The summed E-state index contributed by atoms with van der Waals surface area (Å²) >= 11 is 0. The third kappa shape index (κ3) is 4.81. The van der Waals surface area contributed by atoms with E-state index >= 15 is 0 Å². The molecule has 0 amide bonds. The Hall–Kier alpha value is -3.78. The Morgan fingerprint density at radius 3 is 1.92 bits per heavy atom. The molecule has 1 aliphatic rings. The number of aliphatic hydroxyl groups is 1. The number of aryl methyl sites for hydroxylation is 1. The monoisotopic (exact) mass is 498 g/mol. The van der Waals surface area contributed by atoms with Gasteiger partial charge in [0.15, 0.2) is 0 Å². The summed E-state index contributed by atoms with van der Waals surface area (Å²) in [6.07, 6.45) is 0.842. The highest BCUT2D eigenvalue weighted by molar-refractivity contribution is 5.47. The maximum atomic E-state index is 12.5. The average Bonchev–Trinajstić information content (AvgIpc) is 3.36. The second-order valence-corrected chi connectivity index (χ2v) is 9.38. The van der Waals surface area contributed by atoms with Crippen LogP contribution >= 0.6 is 0 Å². The molecule has 37 heavy (non-hydrogen) atoms. The van der Waals surface area contributed by atoms with Crippen LogP contribution in [0.3, 0.4) is 0 Å². The molecule has 4 aromatic rings. The van der Waals surface area contributed by atoms with Crippen molar-refractivity contribution in [3.8, 4) is 0 Å². The van der Waals surface area contributed by atoms with Crippen LogP contribution in [0, 0.1) is 12.8 Å². The molecule has 0 saturated carbocycles. The number of aliphatic hydroxyl groups excluding tert-OH is 1. The SMILES string of the molecule is Cc1cn([C@H]2C[C@H](CO)[C@@H](COC(c3ccccc3)(c3ccccc3)c3ccccc3)O2)c(=O)[nH]c1=O. The summed E-state index contributed by atoms with van der Waals surface area (Å²) in [6.45, 7) is 1.70. The molecule has 1 fully saturated rings. The minimum Gasteiger partial charge on any atom is -0.396 e. The van der Waals surface area contributed by atoms with E-state index in [2.05, 4.69) is 4.98 Å². The predicted molar refractivity (Wildman–Crippen MR) is 140 cm³/mol. The third-order valence-corrected chi connectivity index (χ3v) is 7.06.